The molecule has 1 heterocycles. The highest BCUT2D eigenvalue weighted by Crippen LogP contribution is 2.21. The van der Waals surface area contributed by atoms with E-state index in [0.717, 1.165) is 22.2 Å². The summed E-state index contributed by atoms with van der Waals surface area (Å²) in [5.41, 5.74) is 3.88. The van der Waals surface area contributed by atoms with E-state index in [2.05, 4.69) is 20.2 Å². The first kappa shape index (κ1) is 20.2. The maximum absolute atomic E-state index is 12.3. The van der Waals surface area contributed by atoms with Gasteiger partial charge in [0.1, 0.15) is 0 Å². The molecular weight excluding hydrogens is 371 g/mol. The topological polar surface area (TPSA) is 61.0 Å². The average Bonchev–Trinajstić information content (AvgIpc) is 3.02. The molecule has 5 nitrogen and oxygen atoms in total. The van der Waals surface area contributed by atoms with Crippen molar-refractivity contribution in [2.75, 3.05) is 20.6 Å². The number of imidazole rings is 1. The molecule has 7 heteroatoms. The summed E-state index contributed by atoms with van der Waals surface area (Å²) >= 11 is 6.09. The minimum Gasteiger partial charge on any atom is -0.354 e. The van der Waals surface area contributed by atoms with Crippen LogP contribution in [0.3, 0.4) is 0 Å². The molecule has 0 bridgehead atoms. The maximum Gasteiger partial charge on any atom is 0.224 e. The molecule has 0 fully saturated rings. The van der Waals surface area contributed by atoms with E-state index in [4.69, 9.17) is 11.6 Å². The van der Waals surface area contributed by atoms with E-state index in [0.29, 0.717) is 18.0 Å². The molecular formula is C19H22Cl2N4O. The SMILES string of the molecule is CN(C)C(CNC(=O)Cc1ccc2nc[nH]c2c1)c1cccc(Cl)c1.Cl. The molecule has 0 saturated carbocycles. The molecule has 138 valence electrons. The van der Waals surface area contributed by atoms with Crippen molar-refractivity contribution in [3.63, 3.8) is 0 Å². The largest absolute Gasteiger partial charge is 0.354 e. The van der Waals surface area contributed by atoms with Gasteiger partial charge in [0.25, 0.3) is 0 Å². The number of fused-ring (bicyclic) bond motifs is 1. The monoisotopic (exact) mass is 392 g/mol. The Morgan fingerprint density at radius 1 is 1.27 bits per heavy atom. The first-order valence-electron chi connectivity index (χ1n) is 8.13. The van der Waals surface area contributed by atoms with E-state index in [-0.39, 0.29) is 24.4 Å². The van der Waals surface area contributed by atoms with Crippen molar-refractivity contribution >= 4 is 40.9 Å². The van der Waals surface area contributed by atoms with Gasteiger partial charge < -0.3 is 15.2 Å². The lowest BCUT2D eigenvalue weighted by molar-refractivity contribution is -0.120. The fraction of sp³-hybridized carbons (Fsp3) is 0.263. The third kappa shape index (κ3) is 4.97. The number of rotatable bonds is 6. The van der Waals surface area contributed by atoms with Crippen LogP contribution in [0.5, 0.6) is 0 Å². The van der Waals surface area contributed by atoms with Gasteiger partial charge in [-0.25, -0.2) is 4.98 Å². The van der Waals surface area contributed by atoms with E-state index < -0.39 is 0 Å². The Bertz CT molecular complexity index is 879. The fourth-order valence-electron chi connectivity index (χ4n) is 2.86. The Morgan fingerprint density at radius 2 is 2.08 bits per heavy atom. The standard InChI is InChI=1S/C19H21ClN4O.ClH/c1-24(2)18(14-4-3-5-15(20)10-14)11-21-19(25)9-13-6-7-16-17(8-13)23-12-22-16;/h3-8,10,12,18H,9,11H2,1-2H3,(H,21,25)(H,22,23);1H. The van der Waals surface area contributed by atoms with Gasteiger partial charge >= 0.3 is 0 Å². The third-order valence-corrected chi connectivity index (χ3v) is 4.43. The van der Waals surface area contributed by atoms with Gasteiger partial charge in [0.2, 0.25) is 5.91 Å². The molecule has 3 aromatic rings. The molecule has 1 amide bonds. The molecule has 1 unspecified atom stereocenters. The number of H-pyrrole nitrogens is 1. The normalized spacial score (nSPS) is 12.0. The molecule has 0 aliphatic rings. The van der Waals surface area contributed by atoms with E-state index in [1.165, 1.54) is 0 Å². The van der Waals surface area contributed by atoms with Crippen molar-refractivity contribution in [1.82, 2.24) is 20.2 Å². The number of aromatic amines is 1. The Balaban J connectivity index is 0.00000243. The zero-order valence-electron chi connectivity index (χ0n) is 14.7. The number of aromatic nitrogens is 2. The number of halogens is 2. The summed E-state index contributed by atoms with van der Waals surface area (Å²) in [5, 5.41) is 3.72. The van der Waals surface area contributed by atoms with Crippen LogP contribution in [-0.4, -0.2) is 41.4 Å². The molecule has 0 aliphatic carbocycles. The number of amides is 1. The van der Waals surface area contributed by atoms with Gasteiger partial charge in [-0.3, -0.25) is 4.79 Å². The highest BCUT2D eigenvalue weighted by Gasteiger charge is 2.16. The van der Waals surface area contributed by atoms with Crippen molar-refractivity contribution in [3.8, 4) is 0 Å². The van der Waals surface area contributed by atoms with Crippen LogP contribution in [0.4, 0.5) is 0 Å². The van der Waals surface area contributed by atoms with Gasteiger partial charge in [0, 0.05) is 11.6 Å². The molecule has 1 atom stereocenters. The average molecular weight is 393 g/mol. The van der Waals surface area contributed by atoms with Gasteiger partial charge in [-0.15, -0.1) is 12.4 Å². The van der Waals surface area contributed by atoms with Gasteiger partial charge in [-0.2, -0.15) is 0 Å². The lowest BCUT2D eigenvalue weighted by Gasteiger charge is -2.25. The molecule has 3 rings (SSSR count). The summed E-state index contributed by atoms with van der Waals surface area (Å²) in [6, 6.07) is 13.6. The highest BCUT2D eigenvalue weighted by molar-refractivity contribution is 6.30. The molecule has 0 saturated heterocycles. The lowest BCUT2D eigenvalue weighted by Crippen LogP contribution is -2.35. The third-order valence-electron chi connectivity index (χ3n) is 4.20. The van der Waals surface area contributed by atoms with Crippen molar-refractivity contribution in [2.24, 2.45) is 0 Å². The van der Waals surface area contributed by atoms with Gasteiger partial charge in [-0.1, -0.05) is 29.8 Å². The zero-order chi connectivity index (χ0) is 17.8. The van der Waals surface area contributed by atoms with Crippen LogP contribution in [0.2, 0.25) is 5.02 Å². The Morgan fingerprint density at radius 3 is 2.81 bits per heavy atom. The Labute approximate surface area is 164 Å². The van der Waals surface area contributed by atoms with Crippen LogP contribution in [0.25, 0.3) is 11.0 Å². The number of benzene rings is 2. The first-order chi connectivity index (χ1) is 12.0. The minimum atomic E-state index is -0.00672. The van der Waals surface area contributed by atoms with Crippen LogP contribution in [0.1, 0.15) is 17.2 Å². The summed E-state index contributed by atoms with van der Waals surface area (Å²) in [5.74, 6) is -0.00672. The predicted molar refractivity (Wildman–Crippen MR) is 108 cm³/mol. The smallest absolute Gasteiger partial charge is 0.224 e. The molecule has 1 aromatic heterocycles. The second kappa shape index (κ2) is 9.03. The molecule has 0 aliphatic heterocycles. The fourth-order valence-corrected chi connectivity index (χ4v) is 3.06. The van der Waals surface area contributed by atoms with Crippen molar-refractivity contribution in [3.05, 3.63) is 64.9 Å². The second-order valence-corrected chi connectivity index (χ2v) is 6.71. The number of nitrogens with one attached hydrogen (secondary N) is 2. The summed E-state index contributed by atoms with van der Waals surface area (Å²) < 4.78 is 0. The number of carbonyl (C=O) groups is 1. The molecule has 0 radical (unpaired) electrons. The number of nitrogens with zero attached hydrogens (tertiary/aromatic N) is 2. The summed E-state index contributed by atoms with van der Waals surface area (Å²) in [6.07, 6.45) is 1.99. The van der Waals surface area contributed by atoms with Crippen LogP contribution in [-0.2, 0) is 11.2 Å². The van der Waals surface area contributed by atoms with Crippen LogP contribution < -0.4 is 5.32 Å². The summed E-state index contributed by atoms with van der Waals surface area (Å²) in [6.45, 7) is 0.526. The van der Waals surface area contributed by atoms with Crippen LogP contribution >= 0.6 is 24.0 Å². The number of hydrogen-bond acceptors (Lipinski definition) is 3. The number of hydrogen-bond donors (Lipinski definition) is 2. The summed E-state index contributed by atoms with van der Waals surface area (Å²) in [7, 11) is 3.98. The zero-order valence-corrected chi connectivity index (χ0v) is 16.3. The lowest BCUT2D eigenvalue weighted by atomic mass is 10.1. The molecule has 26 heavy (non-hydrogen) atoms. The molecule has 2 N–H and O–H groups in total. The second-order valence-electron chi connectivity index (χ2n) is 6.27. The van der Waals surface area contributed by atoms with E-state index in [1.807, 2.05) is 56.6 Å². The quantitative estimate of drug-likeness (QED) is 0.673. The van der Waals surface area contributed by atoms with Crippen molar-refractivity contribution < 1.29 is 4.79 Å². The first-order valence-corrected chi connectivity index (χ1v) is 8.51. The molecule has 0 spiro atoms. The van der Waals surface area contributed by atoms with Gasteiger partial charge in [0.15, 0.2) is 0 Å². The maximum atomic E-state index is 12.3. The van der Waals surface area contributed by atoms with Crippen LogP contribution in [0.15, 0.2) is 48.8 Å². The van der Waals surface area contributed by atoms with E-state index >= 15 is 0 Å². The molecule has 2 aromatic carbocycles. The number of carbonyl (C=O) groups excluding carboxylic acids is 1. The Kier molecular flexibility index (Phi) is 7.03. The van der Waals surface area contributed by atoms with Crippen molar-refractivity contribution in [2.45, 2.75) is 12.5 Å². The van der Waals surface area contributed by atoms with E-state index in [1.54, 1.807) is 6.33 Å². The predicted octanol–water partition coefficient (Wildman–Crippen LogP) is 3.60. The van der Waals surface area contributed by atoms with Crippen LogP contribution in [0, 0.1) is 0 Å². The Hall–Kier alpha value is -2.08. The van der Waals surface area contributed by atoms with Gasteiger partial charge in [-0.05, 0) is 49.5 Å². The van der Waals surface area contributed by atoms with E-state index in [9.17, 15) is 4.79 Å². The highest BCUT2D eigenvalue weighted by atomic mass is 35.5. The summed E-state index contributed by atoms with van der Waals surface area (Å²) in [4.78, 5) is 21.7. The number of likely N-dealkylation sites (N-methyl/N-ethyl adjacent to an activating group) is 1. The minimum absolute atomic E-state index is 0. The van der Waals surface area contributed by atoms with Crippen molar-refractivity contribution in [1.29, 1.82) is 0 Å². The van der Waals surface area contributed by atoms with Gasteiger partial charge in [0.05, 0.1) is 29.8 Å².